The van der Waals surface area contributed by atoms with Gasteiger partial charge in [-0.25, -0.2) is 12.1 Å². The average Bonchev–Trinajstić information content (AvgIpc) is 3.29. The third-order valence-electron chi connectivity index (χ3n) is 3.35. The standard InChI is InChI=1S/C15H10Br.C5H5.2ClH.Zr/c16-15-7-5-11(6-8-15)14-9-12-3-1-2-4-13(12)10-14;1-2-4-5-3-1;;;/h1-10H;1-5H;2*1H;/q2*-1;;;+4/p-2. The van der Waals surface area contributed by atoms with Crippen molar-refractivity contribution in [1.29, 1.82) is 0 Å². The van der Waals surface area contributed by atoms with Gasteiger partial charge in [0.25, 0.3) is 0 Å². The summed E-state index contributed by atoms with van der Waals surface area (Å²) < 4.78 is 1.12. The van der Waals surface area contributed by atoms with Crippen LogP contribution in [0.4, 0.5) is 0 Å². The van der Waals surface area contributed by atoms with Gasteiger partial charge in [-0.3, -0.25) is 0 Å². The summed E-state index contributed by atoms with van der Waals surface area (Å²) in [6.45, 7) is 0. The Labute approximate surface area is 169 Å². The maximum atomic E-state index is 4.93. The molecule has 0 bridgehead atoms. The van der Waals surface area contributed by atoms with Crippen molar-refractivity contribution in [3.05, 3.63) is 95.5 Å². The van der Waals surface area contributed by atoms with E-state index in [2.05, 4.69) is 76.6 Å². The molecule has 0 fully saturated rings. The van der Waals surface area contributed by atoms with Crippen LogP contribution in [0.15, 0.2) is 95.5 Å². The van der Waals surface area contributed by atoms with E-state index in [1.54, 1.807) is 0 Å². The van der Waals surface area contributed by atoms with Crippen LogP contribution in [-0.2, 0) is 20.8 Å². The number of hydrogen-bond donors (Lipinski definition) is 0. The minimum absolute atomic E-state index is 0.826. The Hall–Kier alpha value is -0.657. The molecule has 0 atom stereocenters. The zero-order valence-corrected chi connectivity index (χ0v) is 18.4. The van der Waals surface area contributed by atoms with E-state index < -0.39 is 20.8 Å². The van der Waals surface area contributed by atoms with Crippen LogP contribution in [0.3, 0.4) is 0 Å². The summed E-state index contributed by atoms with van der Waals surface area (Å²) >= 11 is 2.63. The van der Waals surface area contributed by atoms with Crippen molar-refractivity contribution < 1.29 is 20.8 Å². The molecule has 4 rings (SSSR count). The van der Waals surface area contributed by atoms with Gasteiger partial charge in [0.1, 0.15) is 0 Å². The maximum Gasteiger partial charge on any atom is -0.172 e. The SMILES string of the molecule is Brc1ccc(-c2cc3ccccc3[cH-]2)cc1.[Cl][Zr+2][Cl].c1cc[cH-]c1. The first-order valence-electron chi connectivity index (χ1n) is 7.29. The molecule has 0 spiro atoms. The molecule has 0 nitrogen and oxygen atoms in total. The van der Waals surface area contributed by atoms with Gasteiger partial charge in [0, 0.05) is 4.47 Å². The minimum Gasteiger partial charge on any atom is -0.214 e. The zero-order valence-electron chi connectivity index (χ0n) is 12.8. The quantitative estimate of drug-likeness (QED) is 0.236. The van der Waals surface area contributed by atoms with E-state index in [0.29, 0.717) is 0 Å². The molecule has 4 heteroatoms. The van der Waals surface area contributed by atoms with Gasteiger partial charge < -0.3 is 0 Å². The number of rotatable bonds is 1. The summed E-state index contributed by atoms with van der Waals surface area (Å²) in [7, 11) is 9.87. The van der Waals surface area contributed by atoms with Crippen molar-refractivity contribution in [2.75, 3.05) is 0 Å². The first-order valence-corrected chi connectivity index (χ1v) is 14.4. The second kappa shape index (κ2) is 11.1. The van der Waals surface area contributed by atoms with Gasteiger partial charge in [-0.2, -0.15) is 18.2 Å². The van der Waals surface area contributed by atoms with Crippen LogP contribution in [0, 0.1) is 0 Å². The van der Waals surface area contributed by atoms with Crippen molar-refractivity contribution in [3.63, 3.8) is 0 Å². The molecular formula is C20H15BrCl2Zr. The van der Waals surface area contributed by atoms with Crippen LogP contribution in [0.1, 0.15) is 0 Å². The fourth-order valence-corrected chi connectivity index (χ4v) is 2.54. The van der Waals surface area contributed by atoms with Crippen molar-refractivity contribution in [1.82, 2.24) is 0 Å². The van der Waals surface area contributed by atoms with Crippen LogP contribution in [0.2, 0.25) is 0 Å². The Morgan fingerprint density at radius 1 is 0.833 bits per heavy atom. The number of fused-ring (bicyclic) bond motifs is 1. The fourth-order valence-electron chi connectivity index (χ4n) is 2.28. The molecule has 0 amide bonds. The van der Waals surface area contributed by atoms with E-state index in [9.17, 15) is 0 Å². The summed E-state index contributed by atoms with van der Waals surface area (Å²) in [4.78, 5) is 0. The third kappa shape index (κ3) is 6.33. The Morgan fingerprint density at radius 3 is 2.00 bits per heavy atom. The zero-order chi connectivity index (χ0) is 17.2. The van der Waals surface area contributed by atoms with E-state index in [4.69, 9.17) is 17.0 Å². The Kier molecular flexibility index (Phi) is 9.06. The van der Waals surface area contributed by atoms with E-state index >= 15 is 0 Å². The Morgan fingerprint density at radius 2 is 1.46 bits per heavy atom. The molecule has 4 aromatic carbocycles. The fraction of sp³-hybridized carbons (Fsp3) is 0. The monoisotopic (exact) mass is 494 g/mol. The molecule has 120 valence electrons. The van der Waals surface area contributed by atoms with E-state index in [-0.39, 0.29) is 0 Å². The number of benzene rings is 2. The molecule has 0 N–H and O–H groups in total. The molecule has 0 heterocycles. The Bertz CT molecular complexity index is 770. The molecule has 0 aliphatic heterocycles. The number of hydrogen-bond acceptors (Lipinski definition) is 0. The third-order valence-corrected chi connectivity index (χ3v) is 3.88. The van der Waals surface area contributed by atoms with Gasteiger partial charge in [0.05, 0.1) is 0 Å². The molecule has 0 saturated heterocycles. The Balaban J connectivity index is 0.000000217. The molecule has 0 saturated carbocycles. The second-order valence-electron chi connectivity index (χ2n) is 4.91. The maximum absolute atomic E-state index is 4.93. The minimum atomic E-state index is -0.826. The van der Waals surface area contributed by atoms with Crippen LogP contribution in [0.25, 0.3) is 21.9 Å². The summed E-state index contributed by atoms with van der Waals surface area (Å²) in [6, 6.07) is 31.4. The molecule has 0 aliphatic rings. The van der Waals surface area contributed by atoms with E-state index in [1.165, 1.54) is 21.9 Å². The van der Waals surface area contributed by atoms with Gasteiger partial charge >= 0.3 is 37.9 Å². The molecule has 0 radical (unpaired) electrons. The van der Waals surface area contributed by atoms with Gasteiger partial charge in [-0.1, -0.05) is 64.0 Å². The largest absolute Gasteiger partial charge is 0.214 e. The van der Waals surface area contributed by atoms with Crippen LogP contribution < -0.4 is 0 Å². The normalized spacial score (nSPS) is 9.29. The second-order valence-corrected chi connectivity index (χ2v) is 9.56. The summed E-state index contributed by atoms with van der Waals surface area (Å²) in [6.07, 6.45) is 0. The molecule has 0 aliphatic carbocycles. The molecule has 24 heavy (non-hydrogen) atoms. The van der Waals surface area contributed by atoms with Crippen LogP contribution in [0.5, 0.6) is 0 Å². The van der Waals surface area contributed by atoms with Crippen LogP contribution in [-0.4, -0.2) is 0 Å². The van der Waals surface area contributed by atoms with Gasteiger partial charge in [-0.15, -0.1) is 34.5 Å². The summed E-state index contributed by atoms with van der Waals surface area (Å²) in [5, 5.41) is 2.61. The van der Waals surface area contributed by atoms with Crippen molar-refractivity contribution in [3.8, 4) is 11.1 Å². The first-order chi connectivity index (χ1) is 11.7. The first kappa shape index (κ1) is 19.7. The predicted molar refractivity (Wildman–Crippen MR) is 106 cm³/mol. The molecule has 0 aromatic heterocycles. The van der Waals surface area contributed by atoms with E-state index in [0.717, 1.165) is 4.47 Å². The average molecular weight is 497 g/mol. The molecular weight excluding hydrogens is 482 g/mol. The molecule has 4 aromatic rings. The van der Waals surface area contributed by atoms with Crippen molar-refractivity contribution in [2.24, 2.45) is 0 Å². The van der Waals surface area contributed by atoms with Gasteiger partial charge in [0.2, 0.25) is 0 Å². The predicted octanol–water partition coefficient (Wildman–Crippen LogP) is 7.77. The molecule has 0 unspecified atom stereocenters. The van der Waals surface area contributed by atoms with E-state index in [1.807, 2.05) is 30.3 Å². The number of halogens is 3. The van der Waals surface area contributed by atoms with Gasteiger partial charge in [0.15, 0.2) is 0 Å². The van der Waals surface area contributed by atoms with Crippen molar-refractivity contribution >= 4 is 43.7 Å². The van der Waals surface area contributed by atoms with Crippen LogP contribution >= 0.6 is 33.0 Å². The van der Waals surface area contributed by atoms with Crippen molar-refractivity contribution in [2.45, 2.75) is 0 Å². The summed E-state index contributed by atoms with van der Waals surface area (Å²) in [5.74, 6) is 0. The smallest absolute Gasteiger partial charge is 0.172 e. The summed E-state index contributed by atoms with van der Waals surface area (Å²) in [5.41, 5.74) is 2.55. The van der Waals surface area contributed by atoms with Gasteiger partial charge in [-0.05, 0) is 0 Å². The topological polar surface area (TPSA) is 0 Å².